The van der Waals surface area contributed by atoms with E-state index in [0.29, 0.717) is 29.7 Å². The Morgan fingerprint density at radius 2 is 2.12 bits per heavy atom. The van der Waals surface area contributed by atoms with E-state index in [1.807, 2.05) is 12.1 Å². The minimum absolute atomic E-state index is 0.269. The van der Waals surface area contributed by atoms with Crippen molar-refractivity contribution in [3.8, 4) is 11.5 Å². The maximum absolute atomic E-state index is 6.08. The van der Waals surface area contributed by atoms with Crippen molar-refractivity contribution in [3.63, 3.8) is 0 Å². The molecule has 0 unspecified atom stereocenters. The van der Waals surface area contributed by atoms with E-state index in [-0.39, 0.29) is 6.10 Å². The highest BCUT2D eigenvalue weighted by Crippen LogP contribution is 2.36. The van der Waals surface area contributed by atoms with Crippen molar-refractivity contribution in [3.05, 3.63) is 22.7 Å². The molecule has 0 N–H and O–H groups in total. The van der Waals surface area contributed by atoms with E-state index >= 15 is 0 Å². The normalized spacial score (nSPS) is 17.9. The molecule has 1 atom stereocenters. The first kappa shape index (κ1) is 12.5. The Balaban J connectivity index is 2.03. The third kappa shape index (κ3) is 3.25. The zero-order chi connectivity index (χ0) is 12.3. The number of benzene rings is 1. The van der Waals surface area contributed by atoms with Crippen LogP contribution in [0.4, 0.5) is 0 Å². The molecule has 1 aromatic rings. The van der Waals surface area contributed by atoms with Crippen molar-refractivity contribution in [1.29, 1.82) is 0 Å². The van der Waals surface area contributed by atoms with Crippen molar-refractivity contribution in [2.45, 2.75) is 12.7 Å². The van der Waals surface area contributed by atoms with Gasteiger partial charge in [-0.15, -0.1) is 0 Å². The van der Waals surface area contributed by atoms with Crippen molar-refractivity contribution in [2.75, 3.05) is 27.4 Å². The van der Waals surface area contributed by atoms with Gasteiger partial charge in [0.05, 0.1) is 39.1 Å². The molecule has 1 aliphatic heterocycles. The van der Waals surface area contributed by atoms with Crippen LogP contribution in [0.1, 0.15) is 5.56 Å². The molecule has 1 fully saturated rings. The van der Waals surface area contributed by atoms with Gasteiger partial charge in [0.2, 0.25) is 0 Å². The summed E-state index contributed by atoms with van der Waals surface area (Å²) in [5, 5.41) is 0.521. The maximum atomic E-state index is 6.08. The minimum atomic E-state index is 0.269. The van der Waals surface area contributed by atoms with Gasteiger partial charge in [-0.3, -0.25) is 0 Å². The van der Waals surface area contributed by atoms with Crippen LogP contribution in [0.3, 0.4) is 0 Å². The van der Waals surface area contributed by atoms with Crippen molar-refractivity contribution < 1.29 is 18.9 Å². The molecule has 0 aliphatic carbocycles. The third-order valence-corrected chi connectivity index (χ3v) is 2.75. The van der Waals surface area contributed by atoms with E-state index in [4.69, 9.17) is 30.5 Å². The summed E-state index contributed by atoms with van der Waals surface area (Å²) >= 11 is 6.08. The number of hydrogen-bond donors (Lipinski definition) is 0. The first-order chi connectivity index (χ1) is 8.24. The molecule has 2 rings (SSSR count). The molecule has 0 saturated carbocycles. The molecule has 0 aromatic heterocycles. The molecule has 94 valence electrons. The second-order valence-electron chi connectivity index (χ2n) is 3.78. The van der Waals surface area contributed by atoms with Crippen LogP contribution in [0.2, 0.25) is 5.02 Å². The fourth-order valence-electron chi connectivity index (χ4n) is 1.53. The van der Waals surface area contributed by atoms with Crippen molar-refractivity contribution in [1.82, 2.24) is 0 Å². The molecule has 0 spiro atoms. The summed E-state index contributed by atoms with van der Waals surface area (Å²) in [6.45, 7) is 1.90. The molecular weight excluding hydrogens is 244 g/mol. The summed E-state index contributed by atoms with van der Waals surface area (Å²) in [6.07, 6.45) is 0.269. The van der Waals surface area contributed by atoms with E-state index in [2.05, 4.69) is 0 Å². The average molecular weight is 259 g/mol. The highest BCUT2D eigenvalue weighted by Gasteiger charge is 2.22. The number of methoxy groups -OCH3 is 2. The average Bonchev–Trinajstić information content (AvgIpc) is 3.12. The van der Waals surface area contributed by atoms with E-state index in [0.717, 1.165) is 12.2 Å². The minimum Gasteiger partial charge on any atom is -0.493 e. The lowest BCUT2D eigenvalue weighted by atomic mass is 10.2. The lowest BCUT2D eigenvalue weighted by Crippen LogP contribution is -2.02. The summed E-state index contributed by atoms with van der Waals surface area (Å²) in [5.74, 6) is 1.16. The molecule has 1 aromatic carbocycles. The number of hydrogen-bond acceptors (Lipinski definition) is 4. The van der Waals surface area contributed by atoms with Crippen LogP contribution in [-0.4, -0.2) is 33.5 Å². The van der Waals surface area contributed by atoms with Gasteiger partial charge in [0, 0.05) is 0 Å². The fraction of sp³-hybridized carbons (Fsp3) is 0.500. The summed E-state index contributed by atoms with van der Waals surface area (Å²) in [4.78, 5) is 0. The Hall–Kier alpha value is -0.970. The Morgan fingerprint density at radius 3 is 2.71 bits per heavy atom. The lowest BCUT2D eigenvalue weighted by molar-refractivity contribution is 0.104. The molecular formula is C12H15ClO4. The highest BCUT2D eigenvalue weighted by atomic mass is 35.5. The van der Waals surface area contributed by atoms with E-state index in [9.17, 15) is 0 Å². The Kier molecular flexibility index (Phi) is 4.10. The zero-order valence-corrected chi connectivity index (χ0v) is 10.6. The predicted octanol–water partition coefficient (Wildman–Crippen LogP) is 2.27. The first-order valence-electron chi connectivity index (χ1n) is 5.34. The monoisotopic (exact) mass is 258 g/mol. The molecule has 0 amide bonds. The van der Waals surface area contributed by atoms with Gasteiger partial charge in [0.25, 0.3) is 0 Å². The first-order valence-corrected chi connectivity index (χ1v) is 5.72. The van der Waals surface area contributed by atoms with Crippen molar-refractivity contribution in [2.24, 2.45) is 0 Å². The molecule has 4 nitrogen and oxygen atoms in total. The molecule has 0 radical (unpaired) electrons. The van der Waals surface area contributed by atoms with Gasteiger partial charge < -0.3 is 18.9 Å². The van der Waals surface area contributed by atoms with E-state index < -0.39 is 0 Å². The standard InChI is InChI=1S/C12H15ClO4/c1-14-11-4-8(3-10(13)12(11)15-2)5-16-6-9-7-17-9/h3-4,9H,5-7H2,1-2H3/t9-/m1/s1. The van der Waals surface area contributed by atoms with Crippen molar-refractivity contribution >= 4 is 11.6 Å². The van der Waals surface area contributed by atoms with Gasteiger partial charge in [-0.05, 0) is 17.7 Å². The largest absolute Gasteiger partial charge is 0.493 e. The third-order valence-electron chi connectivity index (χ3n) is 2.47. The Labute approximate surface area is 105 Å². The van der Waals surface area contributed by atoms with E-state index in [1.54, 1.807) is 14.2 Å². The summed E-state index contributed by atoms with van der Waals surface area (Å²) in [7, 11) is 3.14. The molecule has 0 bridgehead atoms. The van der Waals surface area contributed by atoms with Gasteiger partial charge in [-0.2, -0.15) is 0 Å². The second-order valence-corrected chi connectivity index (χ2v) is 4.19. The van der Waals surface area contributed by atoms with Crippen LogP contribution in [0.5, 0.6) is 11.5 Å². The molecule has 5 heteroatoms. The number of ether oxygens (including phenoxy) is 4. The van der Waals surface area contributed by atoms with Gasteiger partial charge in [0.1, 0.15) is 6.10 Å². The maximum Gasteiger partial charge on any atom is 0.179 e. The van der Waals surface area contributed by atoms with Gasteiger partial charge in [-0.1, -0.05) is 11.6 Å². The van der Waals surface area contributed by atoms with Gasteiger partial charge in [0.15, 0.2) is 11.5 Å². The van der Waals surface area contributed by atoms with Crippen LogP contribution in [0, 0.1) is 0 Å². The highest BCUT2D eigenvalue weighted by molar-refractivity contribution is 6.32. The summed E-state index contributed by atoms with van der Waals surface area (Å²) < 4.78 is 20.9. The van der Waals surface area contributed by atoms with Gasteiger partial charge >= 0.3 is 0 Å². The molecule has 1 heterocycles. The van der Waals surface area contributed by atoms with Crippen LogP contribution >= 0.6 is 11.6 Å². The molecule has 1 saturated heterocycles. The van der Waals surface area contributed by atoms with Crippen LogP contribution < -0.4 is 9.47 Å². The van der Waals surface area contributed by atoms with Crippen LogP contribution in [0.15, 0.2) is 12.1 Å². The number of rotatable bonds is 6. The SMILES string of the molecule is COc1cc(COC[C@@H]2CO2)cc(Cl)c1OC. The Morgan fingerprint density at radius 1 is 1.35 bits per heavy atom. The van der Waals surface area contributed by atoms with Crippen LogP contribution in [0.25, 0.3) is 0 Å². The predicted molar refractivity (Wildman–Crippen MR) is 64.0 cm³/mol. The smallest absolute Gasteiger partial charge is 0.179 e. The van der Waals surface area contributed by atoms with E-state index in [1.165, 1.54) is 0 Å². The molecule has 17 heavy (non-hydrogen) atoms. The number of epoxide rings is 1. The quantitative estimate of drug-likeness (QED) is 0.734. The summed E-state index contributed by atoms with van der Waals surface area (Å²) in [5.41, 5.74) is 0.952. The second kappa shape index (κ2) is 5.58. The topological polar surface area (TPSA) is 40.2 Å². The van der Waals surface area contributed by atoms with Gasteiger partial charge in [-0.25, -0.2) is 0 Å². The fourth-order valence-corrected chi connectivity index (χ4v) is 1.84. The van der Waals surface area contributed by atoms with Crippen LogP contribution in [-0.2, 0) is 16.1 Å². The lowest BCUT2D eigenvalue weighted by Gasteiger charge is -2.11. The summed E-state index contributed by atoms with van der Waals surface area (Å²) in [6, 6.07) is 3.68. The zero-order valence-electron chi connectivity index (χ0n) is 9.86. The molecule has 1 aliphatic rings. The Bertz CT molecular complexity index is 390. The number of halogens is 1.